The first-order valence-electron chi connectivity index (χ1n) is 25.1. The maximum absolute atomic E-state index is 13.1. The second-order valence-electron chi connectivity index (χ2n) is 17.5. The number of amides is 1. The second-order valence-corrected chi connectivity index (χ2v) is 17.5. The molecule has 0 radical (unpaired) electrons. The maximum Gasteiger partial charge on any atom is 0.313 e. The Morgan fingerprint density at radius 3 is 1.62 bits per heavy atom. The normalized spacial score (nSPS) is 13.5. The van der Waals surface area contributed by atoms with E-state index < -0.39 is 37.4 Å². The molecular weight excluding hydrogens is 842 g/mol. The van der Waals surface area contributed by atoms with Gasteiger partial charge in [-0.2, -0.15) is 0 Å². The molecule has 0 saturated carbocycles. The van der Waals surface area contributed by atoms with Gasteiger partial charge in [-0.3, -0.25) is 4.79 Å². The molecule has 3 aromatic carbocycles. The summed E-state index contributed by atoms with van der Waals surface area (Å²) in [7, 11) is 1.00. The van der Waals surface area contributed by atoms with Gasteiger partial charge in [-0.15, -0.1) is 0 Å². The monoisotopic (exact) mass is 928 g/mol. The van der Waals surface area contributed by atoms with Gasteiger partial charge < -0.3 is 49.8 Å². The molecule has 0 bridgehead atoms. The molecule has 0 saturated heterocycles. The van der Waals surface area contributed by atoms with E-state index in [1.165, 1.54) is 108 Å². The summed E-state index contributed by atoms with van der Waals surface area (Å²) in [6.07, 6.45) is 24.5. The Hall–Kier alpha value is -3.62. The van der Waals surface area contributed by atoms with Crippen LogP contribution in [0.5, 0.6) is 17.2 Å². The Kier molecular flexibility index (Phi) is 34.0. The predicted octanol–water partition coefficient (Wildman–Crippen LogP) is 11.2. The zero-order chi connectivity index (χ0) is 48.0. The van der Waals surface area contributed by atoms with E-state index in [0.717, 1.165) is 76.2 Å². The molecule has 4 unspecified atom stereocenters. The van der Waals surface area contributed by atoms with Gasteiger partial charge in [0.05, 0.1) is 38.1 Å². The third-order valence-electron chi connectivity index (χ3n) is 11.7. The Morgan fingerprint density at radius 1 is 0.621 bits per heavy atom. The number of aryl methyl sites for hydroxylation is 1. The molecule has 0 aliphatic carbocycles. The number of unbranched alkanes of at least 4 members (excludes halogenated alkanes) is 19. The summed E-state index contributed by atoms with van der Waals surface area (Å²) < 4.78 is 35.5. The van der Waals surface area contributed by atoms with Gasteiger partial charge in [0.2, 0.25) is 5.91 Å². The summed E-state index contributed by atoms with van der Waals surface area (Å²) in [5.74, 6) is 1.35. The number of aliphatic hydroxyl groups is 5. The zero-order valence-electron chi connectivity index (χ0n) is 40.6. The SMILES string of the molecule is CCCCCCCCCCCCCCCC(O)[C@H](COCc1ccc(OC(O)OC(CO)C(C)O)cc1)NC(=O)CCCCCCCCCCc1ccc(Oc2ccc(F)cc2)cc1.CO. The van der Waals surface area contributed by atoms with Crippen LogP contribution in [0.2, 0.25) is 0 Å². The molecule has 5 atom stereocenters. The van der Waals surface area contributed by atoms with Crippen LogP contribution in [0.25, 0.3) is 0 Å². The van der Waals surface area contributed by atoms with Crippen LogP contribution in [0, 0.1) is 5.82 Å². The zero-order valence-corrected chi connectivity index (χ0v) is 40.6. The van der Waals surface area contributed by atoms with Crippen molar-refractivity contribution in [3.8, 4) is 17.2 Å². The summed E-state index contributed by atoms with van der Waals surface area (Å²) in [5.41, 5.74) is 2.12. The Morgan fingerprint density at radius 2 is 1.09 bits per heavy atom. The third kappa shape index (κ3) is 28.5. The Labute approximate surface area is 396 Å². The van der Waals surface area contributed by atoms with Crippen LogP contribution >= 0.6 is 0 Å². The van der Waals surface area contributed by atoms with E-state index in [9.17, 15) is 29.6 Å². The van der Waals surface area contributed by atoms with Crippen molar-refractivity contribution in [2.24, 2.45) is 0 Å². The van der Waals surface area contributed by atoms with Crippen LogP contribution in [-0.2, 0) is 27.3 Å². The summed E-state index contributed by atoms with van der Waals surface area (Å²) in [6, 6.07) is 20.5. The molecule has 374 valence electrons. The summed E-state index contributed by atoms with van der Waals surface area (Å²) in [6.45, 7) is 2.01. The minimum absolute atomic E-state index is 0.0608. The lowest BCUT2D eigenvalue weighted by molar-refractivity contribution is -0.258. The van der Waals surface area contributed by atoms with Crippen molar-refractivity contribution in [2.45, 2.75) is 205 Å². The second kappa shape index (κ2) is 38.4. The van der Waals surface area contributed by atoms with Crippen molar-refractivity contribution in [1.82, 2.24) is 5.32 Å². The summed E-state index contributed by atoms with van der Waals surface area (Å²) in [5, 5.41) is 50.3. The Balaban J connectivity index is 0.00000737. The standard InChI is InChI=1S/C53H82FNO9.CH4O/c1-3-4-5-6-7-8-9-10-11-12-16-19-22-25-50(58)49(41-61-40-44-29-35-48(36-30-44)63-53(60)64-51(39-56)42(2)57)55-52(59)26-23-20-17-14-13-15-18-21-24-43-27-33-46(34-28-43)62-47-37-31-45(54)32-38-47;1-2/h27-38,42,49-51,53,56-58,60H,3-26,39-41H2,1-2H3,(H,55,59);2H,1H3/t42?,49-,50?,51?,53?;/m0./s1. The van der Waals surface area contributed by atoms with E-state index in [0.29, 0.717) is 24.3 Å². The van der Waals surface area contributed by atoms with Gasteiger partial charge in [0.25, 0.3) is 0 Å². The lowest BCUT2D eigenvalue weighted by Crippen LogP contribution is -2.46. The smallest absolute Gasteiger partial charge is 0.313 e. The van der Waals surface area contributed by atoms with Crippen molar-refractivity contribution in [2.75, 3.05) is 20.3 Å². The average molecular weight is 928 g/mol. The predicted molar refractivity (Wildman–Crippen MR) is 261 cm³/mol. The first-order valence-corrected chi connectivity index (χ1v) is 25.1. The van der Waals surface area contributed by atoms with Crippen LogP contribution in [0.3, 0.4) is 0 Å². The highest BCUT2D eigenvalue weighted by molar-refractivity contribution is 5.76. The largest absolute Gasteiger partial charge is 0.457 e. The number of benzene rings is 3. The van der Waals surface area contributed by atoms with Gasteiger partial charge in [-0.1, -0.05) is 153 Å². The van der Waals surface area contributed by atoms with Gasteiger partial charge in [0, 0.05) is 13.5 Å². The van der Waals surface area contributed by atoms with E-state index >= 15 is 0 Å². The molecule has 11 nitrogen and oxygen atoms in total. The molecule has 6 N–H and O–H groups in total. The molecule has 1 amide bonds. The van der Waals surface area contributed by atoms with Crippen molar-refractivity contribution < 1.29 is 53.7 Å². The number of nitrogens with one attached hydrogen (secondary N) is 1. The fraction of sp³-hybridized carbons (Fsp3) is 0.648. The molecule has 0 aliphatic rings. The van der Waals surface area contributed by atoms with Gasteiger partial charge in [0.15, 0.2) is 0 Å². The molecule has 0 fully saturated rings. The molecule has 0 heterocycles. The van der Waals surface area contributed by atoms with Gasteiger partial charge in [-0.05, 0) is 92.3 Å². The third-order valence-corrected chi connectivity index (χ3v) is 11.7. The molecule has 0 spiro atoms. The number of carbonyl (C=O) groups excluding carboxylic acids is 1. The van der Waals surface area contributed by atoms with Crippen LogP contribution < -0.4 is 14.8 Å². The average Bonchev–Trinajstić information content (AvgIpc) is 3.32. The van der Waals surface area contributed by atoms with Crippen LogP contribution in [0.4, 0.5) is 4.39 Å². The lowest BCUT2D eigenvalue weighted by atomic mass is 10.0. The lowest BCUT2D eigenvalue weighted by Gasteiger charge is -2.24. The summed E-state index contributed by atoms with van der Waals surface area (Å²) >= 11 is 0. The molecule has 66 heavy (non-hydrogen) atoms. The van der Waals surface area contributed by atoms with Gasteiger partial charge in [-0.25, -0.2) is 4.39 Å². The van der Waals surface area contributed by atoms with Crippen molar-refractivity contribution in [3.63, 3.8) is 0 Å². The van der Waals surface area contributed by atoms with E-state index in [-0.39, 0.29) is 24.9 Å². The highest BCUT2D eigenvalue weighted by Gasteiger charge is 2.22. The number of rotatable bonds is 39. The van der Waals surface area contributed by atoms with Crippen molar-refractivity contribution in [3.05, 3.63) is 89.7 Å². The molecule has 12 heteroatoms. The first-order chi connectivity index (χ1) is 32.2. The van der Waals surface area contributed by atoms with Crippen molar-refractivity contribution >= 4 is 5.91 Å². The van der Waals surface area contributed by atoms with Crippen LogP contribution in [0.15, 0.2) is 72.8 Å². The van der Waals surface area contributed by atoms with Gasteiger partial charge in [0.1, 0.15) is 29.2 Å². The van der Waals surface area contributed by atoms with Gasteiger partial charge >= 0.3 is 6.48 Å². The highest BCUT2D eigenvalue weighted by Crippen LogP contribution is 2.23. The number of ether oxygens (including phenoxy) is 4. The number of hydrogen-bond donors (Lipinski definition) is 6. The molecule has 3 aromatic rings. The molecular formula is C54H86FNO10. The molecule has 0 aliphatic heterocycles. The van der Waals surface area contributed by atoms with E-state index in [1.807, 2.05) is 12.1 Å². The number of carbonyl (C=O) groups is 1. The fourth-order valence-electron chi connectivity index (χ4n) is 7.71. The Bertz CT molecular complexity index is 1580. The van der Waals surface area contributed by atoms with Crippen LogP contribution in [0.1, 0.15) is 173 Å². The van der Waals surface area contributed by atoms with Crippen molar-refractivity contribution in [1.29, 1.82) is 0 Å². The highest BCUT2D eigenvalue weighted by atomic mass is 19.1. The maximum atomic E-state index is 13.1. The quantitative estimate of drug-likeness (QED) is 0.0239. The number of hydrogen-bond acceptors (Lipinski definition) is 10. The topological polar surface area (TPSA) is 167 Å². The van der Waals surface area contributed by atoms with E-state index in [4.69, 9.17) is 24.1 Å². The number of halogens is 1. The summed E-state index contributed by atoms with van der Waals surface area (Å²) in [4.78, 5) is 13.1. The van der Waals surface area contributed by atoms with E-state index in [1.54, 1.807) is 36.4 Å². The van der Waals surface area contributed by atoms with Crippen LogP contribution in [-0.4, -0.2) is 82.6 Å². The van der Waals surface area contributed by atoms with E-state index in [2.05, 4.69) is 24.4 Å². The minimum atomic E-state index is -1.66. The molecule has 3 rings (SSSR count). The molecule has 0 aromatic heterocycles. The fourth-order valence-corrected chi connectivity index (χ4v) is 7.71. The number of aliphatic hydroxyl groups excluding tert-OH is 5. The first kappa shape index (κ1) is 58.5. The minimum Gasteiger partial charge on any atom is -0.457 e.